The van der Waals surface area contributed by atoms with Crippen LogP contribution in [0.5, 0.6) is 0 Å². The molecule has 1 heterocycles. The number of hydrogen-bond acceptors (Lipinski definition) is 3. The van der Waals surface area contributed by atoms with E-state index in [2.05, 4.69) is 0 Å². The first-order chi connectivity index (χ1) is 9.32. The normalized spacial score (nSPS) is 21.6. The number of nitrogens with two attached hydrogens (primary N) is 1. The highest BCUT2D eigenvalue weighted by atomic mass is 35.5. The summed E-state index contributed by atoms with van der Waals surface area (Å²) in [6.07, 6.45) is 1.90. The Morgan fingerprint density at radius 2 is 1.95 bits per heavy atom. The summed E-state index contributed by atoms with van der Waals surface area (Å²) in [7, 11) is -3.39. The minimum atomic E-state index is -3.39. The molecular formula is C15H25ClN2O2S. The van der Waals surface area contributed by atoms with E-state index < -0.39 is 10.0 Å². The Hall–Kier alpha value is -0.620. The van der Waals surface area contributed by atoms with Crippen molar-refractivity contribution in [2.24, 2.45) is 11.7 Å². The van der Waals surface area contributed by atoms with E-state index in [-0.39, 0.29) is 24.4 Å². The van der Waals surface area contributed by atoms with Gasteiger partial charge in [0.25, 0.3) is 0 Å². The molecule has 0 radical (unpaired) electrons. The number of sulfonamides is 1. The number of benzene rings is 1. The van der Waals surface area contributed by atoms with Crippen LogP contribution in [-0.2, 0) is 10.0 Å². The molecule has 1 aliphatic rings. The molecule has 1 aromatic rings. The molecule has 2 atom stereocenters. The molecule has 120 valence electrons. The zero-order chi connectivity index (χ0) is 14.9. The molecule has 1 aliphatic heterocycles. The molecule has 0 aliphatic carbocycles. The Kier molecular flexibility index (Phi) is 6.23. The quantitative estimate of drug-likeness (QED) is 0.924. The van der Waals surface area contributed by atoms with Gasteiger partial charge >= 0.3 is 0 Å². The monoisotopic (exact) mass is 332 g/mol. The first-order valence-electron chi connectivity index (χ1n) is 7.15. The Bertz CT molecular complexity index is 587. The molecule has 2 rings (SSSR count). The average Bonchev–Trinajstić information content (AvgIpc) is 2.42. The van der Waals surface area contributed by atoms with Crippen LogP contribution >= 0.6 is 12.4 Å². The molecule has 21 heavy (non-hydrogen) atoms. The van der Waals surface area contributed by atoms with Crippen molar-refractivity contribution in [3.05, 3.63) is 29.3 Å². The van der Waals surface area contributed by atoms with Crippen LogP contribution in [0.25, 0.3) is 0 Å². The lowest BCUT2D eigenvalue weighted by Crippen LogP contribution is -2.44. The van der Waals surface area contributed by atoms with Gasteiger partial charge in [0.2, 0.25) is 10.0 Å². The van der Waals surface area contributed by atoms with E-state index >= 15 is 0 Å². The van der Waals surface area contributed by atoms with E-state index in [1.165, 1.54) is 0 Å². The second-order valence-electron chi connectivity index (χ2n) is 5.87. The number of aryl methyl sites for hydroxylation is 2. The first kappa shape index (κ1) is 18.4. The van der Waals surface area contributed by atoms with Crippen LogP contribution in [0.3, 0.4) is 0 Å². The van der Waals surface area contributed by atoms with Gasteiger partial charge in [-0.3, -0.25) is 0 Å². The predicted molar refractivity (Wildman–Crippen MR) is 88.3 cm³/mol. The molecule has 6 heteroatoms. The van der Waals surface area contributed by atoms with Crippen LogP contribution in [0.1, 0.15) is 30.9 Å². The summed E-state index contributed by atoms with van der Waals surface area (Å²) in [6.45, 7) is 7.01. The van der Waals surface area contributed by atoms with Crippen molar-refractivity contribution in [2.45, 2.75) is 44.6 Å². The first-order valence-corrected chi connectivity index (χ1v) is 8.59. The Morgan fingerprint density at radius 1 is 1.29 bits per heavy atom. The fourth-order valence-corrected chi connectivity index (χ4v) is 4.27. The van der Waals surface area contributed by atoms with Gasteiger partial charge in [0.15, 0.2) is 0 Å². The molecule has 1 fully saturated rings. The third-order valence-corrected chi connectivity index (χ3v) is 6.14. The summed E-state index contributed by atoms with van der Waals surface area (Å²) >= 11 is 0. The van der Waals surface area contributed by atoms with E-state index in [4.69, 9.17) is 5.73 Å². The van der Waals surface area contributed by atoms with Crippen molar-refractivity contribution in [3.63, 3.8) is 0 Å². The van der Waals surface area contributed by atoms with E-state index in [9.17, 15) is 8.42 Å². The molecular weight excluding hydrogens is 308 g/mol. The molecule has 2 unspecified atom stereocenters. The lowest BCUT2D eigenvalue weighted by molar-refractivity contribution is 0.243. The summed E-state index contributed by atoms with van der Waals surface area (Å²) in [5.74, 6) is 0.255. The summed E-state index contributed by atoms with van der Waals surface area (Å²) in [4.78, 5) is 0.394. The van der Waals surface area contributed by atoms with Gasteiger partial charge in [-0.15, -0.1) is 12.4 Å². The van der Waals surface area contributed by atoms with Gasteiger partial charge < -0.3 is 5.73 Å². The second kappa shape index (κ2) is 7.09. The minimum absolute atomic E-state index is 0. The number of hydrogen-bond donors (Lipinski definition) is 1. The maximum atomic E-state index is 12.7. The van der Waals surface area contributed by atoms with E-state index in [1.54, 1.807) is 16.4 Å². The standard InChI is InChI=1S/C15H24N2O2S.ClH/c1-11-6-7-15(9-12(11)2)20(18,19)17-8-4-5-14(10-17)13(3)16;/h6-7,9,13-14H,4-5,8,10,16H2,1-3H3;1H. The number of piperidine rings is 1. The van der Waals surface area contributed by atoms with Gasteiger partial charge in [0.05, 0.1) is 4.90 Å². The van der Waals surface area contributed by atoms with E-state index in [1.807, 2.05) is 26.8 Å². The lowest BCUT2D eigenvalue weighted by atomic mass is 9.93. The molecule has 0 amide bonds. The Balaban J connectivity index is 0.00000220. The van der Waals surface area contributed by atoms with Gasteiger partial charge in [0, 0.05) is 19.1 Å². The lowest BCUT2D eigenvalue weighted by Gasteiger charge is -2.33. The highest BCUT2D eigenvalue weighted by Crippen LogP contribution is 2.26. The maximum absolute atomic E-state index is 12.7. The zero-order valence-electron chi connectivity index (χ0n) is 12.9. The van der Waals surface area contributed by atoms with E-state index in [0.29, 0.717) is 18.0 Å². The topological polar surface area (TPSA) is 63.4 Å². The molecule has 4 nitrogen and oxygen atoms in total. The highest BCUT2D eigenvalue weighted by molar-refractivity contribution is 7.89. The van der Waals surface area contributed by atoms with Gasteiger partial charge in [-0.25, -0.2) is 8.42 Å². The van der Waals surface area contributed by atoms with Crippen LogP contribution in [0.2, 0.25) is 0 Å². The number of rotatable bonds is 3. The number of nitrogens with zero attached hydrogens (tertiary/aromatic N) is 1. The molecule has 0 spiro atoms. The minimum Gasteiger partial charge on any atom is -0.328 e. The van der Waals surface area contributed by atoms with Crippen molar-refractivity contribution < 1.29 is 8.42 Å². The number of halogens is 1. The molecule has 1 saturated heterocycles. The third kappa shape index (κ3) is 3.97. The van der Waals surface area contributed by atoms with E-state index in [0.717, 1.165) is 24.0 Å². The summed E-state index contributed by atoms with van der Waals surface area (Å²) in [6, 6.07) is 5.37. The predicted octanol–water partition coefficient (Wildman–Crippen LogP) is 2.47. The summed E-state index contributed by atoms with van der Waals surface area (Å²) < 4.78 is 27.0. The summed E-state index contributed by atoms with van der Waals surface area (Å²) in [5, 5.41) is 0. The fourth-order valence-electron chi connectivity index (χ4n) is 2.64. The molecule has 2 N–H and O–H groups in total. The van der Waals surface area contributed by atoms with Crippen molar-refractivity contribution in [2.75, 3.05) is 13.1 Å². The van der Waals surface area contributed by atoms with Crippen LogP contribution in [0.15, 0.2) is 23.1 Å². The van der Waals surface area contributed by atoms with Crippen LogP contribution in [0.4, 0.5) is 0 Å². The van der Waals surface area contributed by atoms with Crippen LogP contribution in [0, 0.1) is 19.8 Å². The van der Waals surface area contributed by atoms with Gasteiger partial charge in [-0.05, 0) is 62.8 Å². The molecule has 0 bridgehead atoms. The maximum Gasteiger partial charge on any atom is 0.243 e. The molecule has 0 saturated carbocycles. The van der Waals surface area contributed by atoms with Gasteiger partial charge in [-0.1, -0.05) is 6.07 Å². The molecule has 0 aromatic heterocycles. The van der Waals surface area contributed by atoms with Gasteiger partial charge in [-0.2, -0.15) is 4.31 Å². The highest BCUT2D eigenvalue weighted by Gasteiger charge is 2.31. The largest absolute Gasteiger partial charge is 0.328 e. The Morgan fingerprint density at radius 3 is 2.52 bits per heavy atom. The SMILES string of the molecule is Cc1ccc(S(=O)(=O)N2CCCC(C(C)N)C2)cc1C.Cl. The van der Waals surface area contributed by atoms with Crippen molar-refractivity contribution >= 4 is 22.4 Å². The smallest absolute Gasteiger partial charge is 0.243 e. The second-order valence-corrected chi connectivity index (χ2v) is 7.81. The van der Waals surface area contributed by atoms with Crippen LogP contribution < -0.4 is 5.73 Å². The van der Waals surface area contributed by atoms with Crippen LogP contribution in [-0.4, -0.2) is 31.9 Å². The average molecular weight is 333 g/mol. The van der Waals surface area contributed by atoms with Crippen molar-refractivity contribution in [1.29, 1.82) is 0 Å². The third-order valence-electron chi connectivity index (χ3n) is 4.28. The van der Waals surface area contributed by atoms with Crippen molar-refractivity contribution in [3.8, 4) is 0 Å². The van der Waals surface area contributed by atoms with Gasteiger partial charge in [0.1, 0.15) is 0 Å². The molecule has 1 aromatic carbocycles. The zero-order valence-corrected chi connectivity index (χ0v) is 14.5. The fraction of sp³-hybridized carbons (Fsp3) is 0.600. The van der Waals surface area contributed by atoms with Crippen molar-refractivity contribution in [1.82, 2.24) is 4.31 Å². The Labute approximate surface area is 134 Å². The summed E-state index contributed by atoms with van der Waals surface area (Å²) in [5.41, 5.74) is 8.05.